The van der Waals surface area contributed by atoms with Gasteiger partial charge in [0.25, 0.3) is 0 Å². The van der Waals surface area contributed by atoms with E-state index in [4.69, 9.17) is 0 Å². The lowest BCUT2D eigenvalue weighted by atomic mass is 10.1. The molecule has 0 fully saturated rings. The van der Waals surface area contributed by atoms with Gasteiger partial charge < -0.3 is 0 Å². The Balaban J connectivity index is 2.01. The van der Waals surface area contributed by atoms with Crippen LogP contribution in [0.1, 0.15) is 5.56 Å². The summed E-state index contributed by atoms with van der Waals surface area (Å²) in [7, 11) is 0. The minimum atomic E-state index is -0.0280. The van der Waals surface area contributed by atoms with Crippen molar-refractivity contribution < 1.29 is 0 Å². The number of rotatable bonds is 4. The molecular formula is C15H13NS. The van der Waals surface area contributed by atoms with Crippen molar-refractivity contribution in [3.8, 4) is 6.07 Å². The highest BCUT2D eigenvalue weighted by molar-refractivity contribution is 8.00. The van der Waals surface area contributed by atoms with Crippen molar-refractivity contribution in [2.45, 2.75) is 16.6 Å². The van der Waals surface area contributed by atoms with Crippen molar-refractivity contribution >= 4 is 11.8 Å². The topological polar surface area (TPSA) is 23.8 Å². The summed E-state index contributed by atoms with van der Waals surface area (Å²) in [5, 5.41) is 9.15. The van der Waals surface area contributed by atoms with Crippen LogP contribution < -0.4 is 0 Å². The summed E-state index contributed by atoms with van der Waals surface area (Å²) < 4.78 is 0. The summed E-state index contributed by atoms with van der Waals surface area (Å²) in [5.41, 5.74) is 1.21. The fourth-order valence-electron chi connectivity index (χ4n) is 1.61. The van der Waals surface area contributed by atoms with Crippen LogP contribution in [0.15, 0.2) is 65.6 Å². The number of hydrogen-bond donors (Lipinski definition) is 0. The zero-order chi connectivity index (χ0) is 11.9. The zero-order valence-electron chi connectivity index (χ0n) is 9.41. The van der Waals surface area contributed by atoms with Crippen LogP contribution in [0.2, 0.25) is 0 Å². The normalized spacial score (nSPS) is 11.7. The van der Waals surface area contributed by atoms with Crippen LogP contribution in [0.25, 0.3) is 0 Å². The lowest BCUT2D eigenvalue weighted by Crippen LogP contribution is -2.03. The molecule has 1 atom stereocenters. The van der Waals surface area contributed by atoms with E-state index in [2.05, 4.69) is 18.2 Å². The number of hydrogen-bond acceptors (Lipinski definition) is 2. The fraction of sp³-hybridized carbons (Fsp3) is 0.133. The zero-order valence-corrected chi connectivity index (χ0v) is 10.2. The van der Waals surface area contributed by atoms with E-state index in [1.165, 1.54) is 5.56 Å². The summed E-state index contributed by atoms with van der Waals surface area (Å²) >= 11 is 1.62. The van der Waals surface area contributed by atoms with Crippen LogP contribution in [0.3, 0.4) is 0 Å². The van der Waals surface area contributed by atoms with Crippen LogP contribution in [0, 0.1) is 11.3 Å². The largest absolute Gasteiger partial charge is 0.197 e. The van der Waals surface area contributed by atoms with Crippen molar-refractivity contribution in [1.82, 2.24) is 0 Å². The Morgan fingerprint density at radius 1 is 0.941 bits per heavy atom. The van der Waals surface area contributed by atoms with Gasteiger partial charge in [0.1, 0.15) is 5.25 Å². The molecule has 0 bridgehead atoms. The lowest BCUT2D eigenvalue weighted by molar-refractivity contribution is 1.03. The van der Waals surface area contributed by atoms with Crippen molar-refractivity contribution in [2.24, 2.45) is 0 Å². The van der Waals surface area contributed by atoms with Crippen molar-refractivity contribution in [3.63, 3.8) is 0 Å². The van der Waals surface area contributed by atoms with Crippen molar-refractivity contribution in [3.05, 3.63) is 66.2 Å². The average Bonchev–Trinajstić information content (AvgIpc) is 2.40. The third-order valence-corrected chi connectivity index (χ3v) is 3.53. The van der Waals surface area contributed by atoms with Crippen LogP contribution in [0.5, 0.6) is 0 Å². The third kappa shape index (κ3) is 3.65. The van der Waals surface area contributed by atoms with Crippen LogP contribution in [0.4, 0.5) is 0 Å². The van der Waals surface area contributed by atoms with Gasteiger partial charge in [-0.2, -0.15) is 5.26 Å². The minimum absolute atomic E-state index is 0.0280. The molecule has 17 heavy (non-hydrogen) atoms. The molecule has 0 N–H and O–H groups in total. The first-order valence-corrected chi connectivity index (χ1v) is 6.41. The van der Waals surface area contributed by atoms with E-state index in [-0.39, 0.29) is 5.25 Å². The Morgan fingerprint density at radius 3 is 2.12 bits per heavy atom. The van der Waals surface area contributed by atoms with Gasteiger partial charge in [-0.15, -0.1) is 11.8 Å². The molecule has 84 valence electrons. The second kappa shape index (κ2) is 6.12. The summed E-state index contributed by atoms with van der Waals surface area (Å²) in [5.74, 6) is 0. The van der Waals surface area contributed by atoms with E-state index < -0.39 is 0 Å². The second-order valence-corrected chi connectivity index (χ2v) is 5.01. The first kappa shape index (κ1) is 11.8. The van der Waals surface area contributed by atoms with Gasteiger partial charge in [-0.3, -0.25) is 0 Å². The number of benzene rings is 2. The van der Waals surface area contributed by atoms with Gasteiger partial charge in [0, 0.05) is 4.90 Å². The number of nitrogens with zero attached hydrogens (tertiary/aromatic N) is 1. The van der Waals surface area contributed by atoms with Gasteiger partial charge in [-0.05, 0) is 24.1 Å². The molecule has 0 radical (unpaired) electrons. The van der Waals surface area contributed by atoms with E-state index in [1.807, 2.05) is 48.5 Å². The monoisotopic (exact) mass is 239 g/mol. The van der Waals surface area contributed by atoms with Gasteiger partial charge in [0.15, 0.2) is 0 Å². The van der Waals surface area contributed by atoms with Crippen LogP contribution in [-0.4, -0.2) is 5.25 Å². The Labute approximate surface area is 106 Å². The predicted octanol–water partition coefficient (Wildman–Crippen LogP) is 3.91. The highest BCUT2D eigenvalue weighted by Gasteiger charge is 2.09. The maximum Gasteiger partial charge on any atom is 0.100 e. The molecule has 2 heteroatoms. The van der Waals surface area contributed by atoms with Crippen molar-refractivity contribution in [1.29, 1.82) is 5.26 Å². The average molecular weight is 239 g/mol. The molecule has 1 unspecified atom stereocenters. The molecule has 0 aliphatic rings. The maximum absolute atomic E-state index is 9.18. The van der Waals surface area contributed by atoms with Gasteiger partial charge in [0.2, 0.25) is 0 Å². The SMILES string of the molecule is N#CC(Cc1ccccc1)Sc1ccccc1. The maximum atomic E-state index is 9.18. The van der Waals surface area contributed by atoms with Crippen molar-refractivity contribution in [2.75, 3.05) is 0 Å². The molecule has 2 rings (SSSR count). The molecule has 2 aromatic carbocycles. The van der Waals surface area contributed by atoms with Gasteiger partial charge in [0.05, 0.1) is 6.07 Å². The molecule has 0 aliphatic carbocycles. The molecule has 2 aromatic rings. The lowest BCUT2D eigenvalue weighted by Gasteiger charge is -2.08. The van der Waals surface area contributed by atoms with Crippen LogP contribution in [-0.2, 0) is 6.42 Å². The minimum Gasteiger partial charge on any atom is -0.197 e. The van der Waals surface area contributed by atoms with E-state index in [9.17, 15) is 5.26 Å². The quantitative estimate of drug-likeness (QED) is 0.755. The first-order valence-electron chi connectivity index (χ1n) is 5.54. The third-order valence-electron chi connectivity index (χ3n) is 2.43. The van der Waals surface area contributed by atoms with E-state index in [1.54, 1.807) is 11.8 Å². The second-order valence-electron chi connectivity index (χ2n) is 3.74. The molecular weight excluding hydrogens is 226 g/mol. The van der Waals surface area contributed by atoms with Gasteiger partial charge >= 0.3 is 0 Å². The van der Waals surface area contributed by atoms with E-state index in [0.717, 1.165) is 11.3 Å². The Bertz CT molecular complexity index is 446. The smallest absolute Gasteiger partial charge is 0.100 e. The predicted molar refractivity (Wildman–Crippen MR) is 71.8 cm³/mol. The summed E-state index contributed by atoms with van der Waals surface area (Å²) in [6.07, 6.45) is 0.789. The molecule has 0 aliphatic heterocycles. The van der Waals surface area contributed by atoms with Gasteiger partial charge in [-0.1, -0.05) is 48.5 Å². The highest BCUT2D eigenvalue weighted by atomic mass is 32.2. The first-order chi connectivity index (χ1) is 8.38. The molecule has 0 heterocycles. The fourth-order valence-corrected chi connectivity index (χ4v) is 2.58. The number of nitriles is 1. The molecule has 0 spiro atoms. The Hall–Kier alpha value is -1.72. The summed E-state index contributed by atoms with van der Waals surface area (Å²) in [6, 6.07) is 22.6. The molecule has 0 aromatic heterocycles. The van der Waals surface area contributed by atoms with Gasteiger partial charge in [-0.25, -0.2) is 0 Å². The Kier molecular flexibility index (Phi) is 4.23. The molecule has 0 saturated carbocycles. The Morgan fingerprint density at radius 2 is 1.53 bits per heavy atom. The molecule has 0 saturated heterocycles. The van der Waals surface area contributed by atoms with E-state index >= 15 is 0 Å². The molecule has 0 amide bonds. The summed E-state index contributed by atoms with van der Waals surface area (Å²) in [6.45, 7) is 0. The molecule has 1 nitrogen and oxygen atoms in total. The highest BCUT2D eigenvalue weighted by Crippen LogP contribution is 2.25. The summed E-state index contributed by atoms with van der Waals surface area (Å²) in [4.78, 5) is 1.15. The standard InChI is InChI=1S/C15H13NS/c16-12-15(11-13-7-3-1-4-8-13)17-14-9-5-2-6-10-14/h1-10,15H,11H2. The number of thioether (sulfide) groups is 1. The van der Waals surface area contributed by atoms with E-state index in [0.29, 0.717) is 0 Å². The van der Waals surface area contributed by atoms with Crippen LogP contribution >= 0.6 is 11.8 Å².